The van der Waals surface area contributed by atoms with E-state index in [0.29, 0.717) is 23.7 Å². The largest absolute Gasteiger partial charge is 0.481 e. The van der Waals surface area contributed by atoms with Gasteiger partial charge in [0.05, 0.1) is 12.5 Å². The molecule has 8 heteroatoms. The van der Waals surface area contributed by atoms with E-state index in [2.05, 4.69) is 4.98 Å². The van der Waals surface area contributed by atoms with Gasteiger partial charge in [-0.2, -0.15) is 0 Å². The number of amides is 1. The van der Waals surface area contributed by atoms with E-state index in [1.165, 1.54) is 11.3 Å². The van der Waals surface area contributed by atoms with Gasteiger partial charge >= 0.3 is 5.97 Å². The molecule has 1 fully saturated rings. The number of rotatable bonds is 5. The number of thiazole rings is 1. The SMILES string of the molecule is COC1CC(CC(=O)O)N(C(=O)c2csc(-c3ccc(Cl)cc3)n2)C1. The Labute approximate surface area is 154 Å². The van der Waals surface area contributed by atoms with Crippen LogP contribution in [0.3, 0.4) is 0 Å². The maximum atomic E-state index is 12.8. The summed E-state index contributed by atoms with van der Waals surface area (Å²) >= 11 is 7.26. The van der Waals surface area contributed by atoms with Crippen molar-refractivity contribution < 1.29 is 19.4 Å². The van der Waals surface area contributed by atoms with Crippen LogP contribution in [0.25, 0.3) is 10.6 Å². The molecule has 2 aromatic rings. The highest BCUT2D eigenvalue weighted by Gasteiger charge is 2.37. The molecular formula is C17H17ClN2O4S. The van der Waals surface area contributed by atoms with E-state index < -0.39 is 5.97 Å². The molecule has 1 N–H and O–H groups in total. The standard InChI is InChI=1S/C17H17ClN2O4S/c1-24-13-6-12(7-15(21)22)20(8-13)17(23)14-9-25-16(19-14)10-2-4-11(18)5-3-10/h2-5,9,12-13H,6-8H2,1H3,(H,21,22). The maximum Gasteiger partial charge on any atom is 0.305 e. The Morgan fingerprint density at radius 2 is 2.12 bits per heavy atom. The summed E-state index contributed by atoms with van der Waals surface area (Å²) in [6, 6.07) is 6.85. The van der Waals surface area contributed by atoms with Crippen molar-refractivity contribution in [3.63, 3.8) is 0 Å². The zero-order valence-electron chi connectivity index (χ0n) is 13.5. The van der Waals surface area contributed by atoms with Gasteiger partial charge in [0, 0.05) is 35.7 Å². The van der Waals surface area contributed by atoms with Crippen LogP contribution in [0.2, 0.25) is 5.02 Å². The van der Waals surface area contributed by atoms with Crippen LogP contribution in [0.15, 0.2) is 29.6 Å². The number of hydrogen-bond donors (Lipinski definition) is 1. The number of carbonyl (C=O) groups is 2. The number of hydrogen-bond acceptors (Lipinski definition) is 5. The fraction of sp³-hybridized carbons (Fsp3) is 0.353. The molecule has 1 saturated heterocycles. The summed E-state index contributed by atoms with van der Waals surface area (Å²) in [6.07, 6.45) is 0.269. The lowest BCUT2D eigenvalue weighted by Gasteiger charge is -2.22. The molecule has 132 valence electrons. The van der Waals surface area contributed by atoms with Crippen LogP contribution in [-0.4, -0.2) is 52.7 Å². The first-order valence-corrected chi connectivity index (χ1v) is 9.00. The number of benzene rings is 1. The monoisotopic (exact) mass is 380 g/mol. The fourth-order valence-electron chi connectivity index (χ4n) is 2.93. The Morgan fingerprint density at radius 1 is 1.40 bits per heavy atom. The quantitative estimate of drug-likeness (QED) is 0.861. The van der Waals surface area contributed by atoms with Gasteiger partial charge in [0.1, 0.15) is 10.7 Å². The molecule has 1 aliphatic rings. The molecule has 0 aliphatic carbocycles. The number of ether oxygens (including phenoxy) is 1. The summed E-state index contributed by atoms with van der Waals surface area (Å²) in [5.74, 6) is -1.19. The molecule has 6 nitrogen and oxygen atoms in total. The Kier molecular flexibility index (Phi) is 5.36. The second kappa shape index (κ2) is 7.51. The summed E-state index contributed by atoms with van der Waals surface area (Å²) in [6.45, 7) is 0.376. The first-order valence-electron chi connectivity index (χ1n) is 7.75. The highest BCUT2D eigenvalue weighted by atomic mass is 35.5. The van der Waals surface area contributed by atoms with Crippen molar-refractivity contribution in [3.8, 4) is 10.6 Å². The maximum absolute atomic E-state index is 12.8. The number of methoxy groups -OCH3 is 1. The van der Waals surface area contributed by atoms with Crippen molar-refractivity contribution in [3.05, 3.63) is 40.4 Å². The molecule has 0 radical (unpaired) electrons. The molecule has 1 aromatic heterocycles. The van der Waals surface area contributed by atoms with E-state index in [1.807, 2.05) is 12.1 Å². The van der Waals surface area contributed by atoms with E-state index in [9.17, 15) is 9.59 Å². The summed E-state index contributed by atoms with van der Waals surface area (Å²) in [7, 11) is 1.57. The second-order valence-electron chi connectivity index (χ2n) is 5.85. The third kappa shape index (κ3) is 4.00. The lowest BCUT2D eigenvalue weighted by molar-refractivity contribution is -0.138. The number of halogens is 1. The number of carboxylic acid groups (broad SMARTS) is 1. The van der Waals surface area contributed by atoms with Gasteiger partial charge in [-0.1, -0.05) is 23.7 Å². The van der Waals surface area contributed by atoms with E-state index in [-0.39, 0.29) is 24.5 Å². The first kappa shape index (κ1) is 17.8. The van der Waals surface area contributed by atoms with Gasteiger partial charge in [-0.3, -0.25) is 9.59 Å². The molecule has 2 atom stereocenters. The molecule has 2 heterocycles. The Bertz CT molecular complexity index is 777. The predicted molar refractivity (Wildman–Crippen MR) is 95.1 cm³/mol. The molecule has 3 rings (SSSR count). The number of nitrogens with zero attached hydrogens (tertiary/aromatic N) is 2. The summed E-state index contributed by atoms with van der Waals surface area (Å²) < 4.78 is 5.31. The van der Waals surface area contributed by atoms with Gasteiger partial charge < -0.3 is 14.7 Å². The predicted octanol–water partition coefficient (Wildman–Crippen LogP) is 3.17. The van der Waals surface area contributed by atoms with E-state index in [1.54, 1.807) is 29.5 Å². The molecular weight excluding hydrogens is 364 g/mol. The zero-order chi connectivity index (χ0) is 18.0. The van der Waals surface area contributed by atoms with Crippen LogP contribution in [0.5, 0.6) is 0 Å². The van der Waals surface area contributed by atoms with Gasteiger partial charge in [0.15, 0.2) is 0 Å². The molecule has 1 aromatic carbocycles. The van der Waals surface area contributed by atoms with Crippen LogP contribution in [0.4, 0.5) is 0 Å². The van der Waals surface area contributed by atoms with Crippen LogP contribution < -0.4 is 0 Å². The van der Waals surface area contributed by atoms with Gasteiger partial charge in [-0.15, -0.1) is 11.3 Å². The third-order valence-electron chi connectivity index (χ3n) is 4.19. The van der Waals surface area contributed by atoms with Crippen LogP contribution in [0.1, 0.15) is 23.3 Å². The molecule has 0 spiro atoms. The average molecular weight is 381 g/mol. The van der Waals surface area contributed by atoms with E-state index >= 15 is 0 Å². The minimum Gasteiger partial charge on any atom is -0.481 e. The third-order valence-corrected chi connectivity index (χ3v) is 5.34. The Balaban J connectivity index is 1.80. The van der Waals surface area contributed by atoms with E-state index in [0.717, 1.165) is 10.6 Å². The number of aliphatic carboxylic acids is 1. The summed E-state index contributed by atoms with van der Waals surface area (Å²) in [5, 5.41) is 12.1. The first-order chi connectivity index (χ1) is 12.0. The highest BCUT2D eigenvalue weighted by molar-refractivity contribution is 7.13. The molecule has 0 bridgehead atoms. The molecule has 1 aliphatic heterocycles. The summed E-state index contributed by atoms with van der Waals surface area (Å²) in [4.78, 5) is 29.8. The normalized spacial score (nSPS) is 20.0. The number of aromatic nitrogens is 1. The lowest BCUT2D eigenvalue weighted by Crippen LogP contribution is -2.37. The van der Waals surface area contributed by atoms with Gasteiger partial charge in [0.2, 0.25) is 0 Å². The average Bonchev–Trinajstić information content (AvgIpc) is 3.21. The Morgan fingerprint density at radius 3 is 2.76 bits per heavy atom. The molecule has 0 saturated carbocycles. The second-order valence-corrected chi connectivity index (χ2v) is 7.14. The smallest absolute Gasteiger partial charge is 0.305 e. The van der Waals surface area contributed by atoms with Crippen molar-refractivity contribution >= 4 is 34.8 Å². The highest BCUT2D eigenvalue weighted by Crippen LogP contribution is 2.28. The topological polar surface area (TPSA) is 79.7 Å². The van der Waals surface area contributed by atoms with Gasteiger partial charge in [0.25, 0.3) is 5.91 Å². The Hall–Kier alpha value is -1.96. The fourth-order valence-corrected chi connectivity index (χ4v) is 3.86. The molecule has 25 heavy (non-hydrogen) atoms. The summed E-state index contributed by atoms with van der Waals surface area (Å²) in [5.41, 5.74) is 1.20. The number of carboxylic acids is 1. The molecule has 1 amide bonds. The van der Waals surface area contributed by atoms with Crippen LogP contribution >= 0.6 is 22.9 Å². The van der Waals surface area contributed by atoms with E-state index in [4.69, 9.17) is 21.4 Å². The van der Waals surface area contributed by atoms with Crippen molar-refractivity contribution in [2.75, 3.05) is 13.7 Å². The van der Waals surface area contributed by atoms with Crippen molar-refractivity contribution in [2.24, 2.45) is 0 Å². The van der Waals surface area contributed by atoms with Gasteiger partial charge in [-0.25, -0.2) is 4.98 Å². The minimum atomic E-state index is -0.931. The minimum absolute atomic E-state index is 0.0974. The number of likely N-dealkylation sites (tertiary alicyclic amines) is 1. The zero-order valence-corrected chi connectivity index (χ0v) is 15.1. The van der Waals surface area contributed by atoms with Crippen molar-refractivity contribution in [2.45, 2.75) is 25.0 Å². The van der Waals surface area contributed by atoms with Crippen molar-refractivity contribution in [1.82, 2.24) is 9.88 Å². The number of carbonyl (C=O) groups excluding carboxylic acids is 1. The van der Waals surface area contributed by atoms with Crippen molar-refractivity contribution in [1.29, 1.82) is 0 Å². The lowest BCUT2D eigenvalue weighted by atomic mass is 10.1. The molecule has 2 unspecified atom stereocenters. The van der Waals surface area contributed by atoms with Crippen LogP contribution in [0, 0.1) is 0 Å². The van der Waals surface area contributed by atoms with Gasteiger partial charge in [-0.05, 0) is 18.6 Å². The van der Waals surface area contributed by atoms with Crippen LogP contribution in [-0.2, 0) is 9.53 Å².